The summed E-state index contributed by atoms with van der Waals surface area (Å²) in [7, 11) is 0. The van der Waals surface area contributed by atoms with Gasteiger partial charge in [0.2, 0.25) is 0 Å². The van der Waals surface area contributed by atoms with Crippen LogP contribution in [0.25, 0.3) is 22.2 Å². The number of benzene rings is 2. The molecule has 1 N–H and O–H groups in total. The minimum Gasteiger partial charge on any atom is -0.323 e. The van der Waals surface area contributed by atoms with Crippen LogP contribution in [0.2, 0.25) is 5.02 Å². The molecule has 0 amide bonds. The van der Waals surface area contributed by atoms with Gasteiger partial charge >= 0.3 is 0 Å². The molecule has 0 aliphatic carbocycles. The number of rotatable bonds is 5. The van der Waals surface area contributed by atoms with Gasteiger partial charge in [-0.3, -0.25) is 4.79 Å². The van der Waals surface area contributed by atoms with Crippen LogP contribution in [0.4, 0.5) is 0 Å². The van der Waals surface area contributed by atoms with Crippen molar-refractivity contribution in [1.29, 1.82) is 0 Å². The molecule has 134 valence electrons. The Hall–Kier alpha value is -2.17. The first-order chi connectivity index (χ1) is 12.7. The molecule has 1 aromatic heterocycles. The third-order valence-corrected chi connectivity index (χ3v) is 5.28. The molecule has 4 rings (SSSR count). The molecule has 1 aliphatic heterocycles. The van der Waals surface area contributed by atoms with Crippen LogP contribution < -0.4 is 5.32 Å². The number of nitrogens with zero attached hydrogens (tertiary/aromatic N) is 2. The van der Waals surface area contributed by atoms with Gasteiger partial charge in [0, 0.05) is 23.0 Å². The van der Waals surface area contributed by atoms with Crippen molar-refractivity contribution in [1.82, 2.24) is 14.9 Å². The van der Waals surface area contributed by atoms with Gasteiger partial charge in [-0.15, -0.1) is 0 Å². The number of fused-ring (bicyclic) bond motifs is 1. The van der Waals surface area contributed by atoms with E-state index in [0.29, 0.717) is 24.0 Å². The first-order valence-electron chi connectivity index (χ1n) is 9.15. The smallest absolute Gasteiger partial charge is 0.154 e. The normalized spacial score (nSPS) is 17.5. The van der Waals surface area contributed by atoms with Gasteiger partial charge in [0.15, 0.2) is 5.78 Å². The molecule has 0 radical (unpaired) electrons. The predicted molar refractivity (Wildman–Crippen MR) is 105 cm³/mol. The van der Waals surface area contributed by atoms with E-state index in [1.54, 1.807) is 6.33 Å². The summed E-state index contributed by atoms with van der Waals surface area (Å²) in [6, 6.07) is 14.1. The number of carbonyl (C=O) groups is 1. The van der Waals surface area contributed by atoms with E-state index >= 15 is 0 Å². The van der Waals surface area contributed by atoms with Crippen LogP contribution in [0, 0.1) is 0 Å². The van der Waals surface area contributed by atoms with E-state index in [0.717, 1.165) is 35.1 Å². The van der Waals surface area contributed by atoms with Crippen LogP contribution in [0.3, 0.4) is 0 Å². The average molecular weight is 368 g/mol. The minimum atomic E-state index is 0.245. The van der Waals surface area contributed by atoms with Crippen molar-refractivity contribution in [2.45, 2.75) is 38.3 Å². The second-order valence-electron chi connectivity index (χ2n) is 6.94. The van der Waals surface area contributed by atoms with Gasteiger partial charge in [-0.1, -0.05) is 42.3 Å². The lowest BCUT2D eigenvalue weighted by Gasteiger charge is -2.22. The molecular weight excluding hydrogens is 346 g/mol. The van der Waals surface area contributed by atoms with Gasteiger partial charge in [0.25, 0.3) is 0 Å². The van der Waals surface area contributed by atoms with E-state index in [1.807, 2.05) is 41.0 Å². The Morgan fingerprint density at radius 3 is 2.81 bits per heavy atom. The molecule has 0 saturated carbocycles. The first kappa shape index (κ1) is 17.3. The summed E-state index contributed by atoms with van der Waals surface area (Å²) < 4.78 is 1.98. The lowest BCUT2D eigenvalue weighted by molar-refractivity contribution is -0.120. The second-order valence-corrected chi connectivity index (χ2v) is 7.38. The highest BCUT2D eigenvalue weighted by Gasteiger charge is 2.18. The standard InChI is InChI=1S/C21H22ClN3O/c22-16-9-7-15(8-10-16)19-5-3-6-20-21(19)25(14-24-20)13-18(26)12-17-4-1-2-11-23-17/h3,5-10,14,17,23H,1-2,4,11-13H2/t17-/m0/s1. The van der Waals surface area contributed by atoms with Crippen molar-refractivity contribution < 1.29 is 4.79 Å². The van der Waals surface area contributed by atoms with Crippen LogP contribution in [-0.2, 0) is 11.3 Å². The fraction of sp³-hybridized carbons (Fsp3) is 0.333. The number of imidazole rings is 1. The van der Waals surface area contributed by atoms with Gasteiger partial charge in [0.05, 0.1) is 23.9 Å². The topological polar surface area (TPSA) is 46.9 Å². The highest BCUT2D eigenvalue weighted by atomic mass is 35.5. The molecule has 26 heavy (non-hydrogen) atoms. The van der Waals surface area contributed by atoms with Crippen molar-refractivity contribution in [3.8, 4) is 11.1 Å². The quantitative estimate of drug-likeness (QED) is 0.724. The number of nitrogens with one attached hydrogen (secondary N) is 1. The molecular formula is C21H22ClN3O. The number of halogens is 1. The van der Waals surface area contributed by atoms with Crippen molar-refractivity contribution in [2.75, 3.05) is 6.54 Å². The number of carbonyl (C=O) groups excluding carboxylic acids is 1. The molecule has 2 heterocycles. The molecule has 0 unspecified atom stereocenters. The van der Waals surface area contributed by atoms with E-state index in [9.17, 15) is 4.79 Å². The molecule has 0 spiro atoms. The zero-order chi connectivity index (χ0) is 17.9. The molecule has 2 aromatic carbocycles. The maximum Gasteiger partial charge on any atom is 0.154 e. The summed E-state index contributed by atoms with van der Waals surface area (Å²) in [6.07, 6.45) is 5.87. The number of piperidine rings is 1. The Labute approximate surface area is 158 Å². The van der Waals surface area contributed by atoms with Gasteiger partial charge in [-0.2, -0.15) is 0 Å². The van der Waals surface area contributed by atoms with Crippen molar-refractivity contribution in [2.24, 2.45) is 0 Å². The SMILES string of the molecule is O=C(C[C@@H]1CCCCN1)Cn1cnc2cccc(-c3ccc(Cl)cc3)c21. The fourth-order valence-corrected chi connectivity index (χ4v) is 3.86. The number of hydrogen-bond acceptors (Lipinski definition) is 3. The molecule has 4 nitrogen and oxygen atoms in total. The second kappa shape index (κ2) is 7.60. The number of hydrogen-bond donors (Lipinski definition) is 1. The highest BCUT2D eigenvalue weighted by molar-refractivity contribution is 6.30. The van der Waals surface area contributed by atoms with Gasteiger partial charge in [0.1, 0.15) is 0 Å². The van der Waals surface area contributed by atoms with Crippen molar-refractivity contribution in [3.63, 3.8) is 0 Å². The van der Waals surface area contributed by atoms with Crippen molar-refractivity contribution >= 4 is 28.4 Å². The third-order valence-electron chi connectivity index (χ3n) is 5.03. The highest BCUT2D eigenvalue weighted by Crippen LogP contribution is 2.29. The maximum absolute atomic E-state index is 12.6. The Balaban J connectivity index is 1.61. The summed E-state index contributed by atoms with van der Waals surface area (Å²) in [6.45, 7) is 1.38. The summed E-state index contributed by atoms with van der Waals surface area (Å²) in [4.78, 5) is 17.1. The summed E-state index contributed by atoms with van der Waals surface area (Å²) in [5, 5.41) is 4.16. The van der Waals surface area contributed by atoms with Gasteiger partial charge < -0.3 is 9.88 Å². The zero-order valence-electron chi connectivity index (χ0n) is 14.6. The maximum atomic E-state index is 12.6. The molecule has 1 aliphatic rings. The van der Waals surface area contributed by atoms with Gasteiger partial charge in [-0.25, -0.2) is 4.98 Å². The zero-order valence-corrected chi connectivity index (χ0v) is 15.4. The van der Waals surface area contributed by atoms with Crippen molar-refractivity contribution in [3.05, 3.63) is 53.8 Å². The summed E-state index contributed by atoms with van der Waals surface area (Å²) in [5.74, 6) is 0.245. The van der Waals surface area contributed by atoms with E-state index in [4.69, 9.17) is 11.6 Å². The number of ketones is 1. The lowest BCUT2D eigenvalue weighted by Crippen LogP contribution is -2.36. The van der Waals surface area contributed by atoms with E-state index in [2.05, 4.69) is 16.4 Å². The largest absolute Gasteiger partial charge is 0.323 e. The molecule has 1 saturated heterocycles. The Kier molecular flexibility index (Phi) is 5.05. The van der Waals surface area contributed by atoms with Crippen LogP contribution in [0.15, 0.2) is 48.8 Å². The van der Waals surface area contributed by atoms with Gasteiger partial charge in [-0.05, 0) is 43.1 Å². The van der Waals surface area contributed by atoms with Crippen LogP contribution in [-0.4, -0.2) is 27.9 Å². The number of Topliss-reactive ketones (excluding diaryl/α,β-unsaturated/α-hetero) is 1. The van der Waals surface area contributed by atoms with Crippen LogP contribution >= 0.6 is 11.6 Å². The predicted octanol–water partition coefficient (Wildman–Crippen LogP) is 4.46. The molecule has 3 aromatic rings. The molecule has 5 heteroatoms. The monoisotopic (exact) mass is 367 g/mol. The molecule has 0 bridgehead atoms. The lowest BCUT2D eigenvalue weighted by atomic mass is 10.00. The van der Waals surface area contributed by atoms with Crippen LogP contribution in [0.5, 0.6) is 0 Å². The van der Waals surface area contributed by atoms with E-state index in [1.165, 1.54) is 12.8 Å². The number of para-hydroxylation sites is 1. The average Bonchev–Trinajstić information content (AvgIpc) is 3.06. The summed E-state index contributed by atoms with van der Waals surface area (Å²) >= 11 is 6.02. The number of aromatic nitrogens is 2. The first-order valence-corrected chi connectivity index (χ1v) is 9.53. The Bertz CT molecular complexity index is 911. The summed E-state index contributed by atoms with van der Waals surface area (Å²) in [5.41, 5.74) is 4.05. The minimum absolute atomic E-state index is 0.245. The third kappa shape index (κ3) is 3.67. The van der Waals surface area contributed by atoms with Crippen LogP contribution in [0.1, 0.15) is 25.7 Å². The Morgan fingerprint density at radius 1 is 1.19 bits per heavy atom. The van der Waals surface area contributed by atoms with E-state index < -0.39 is 0 Å². The molecule has 1 fully saturated rings. The molecule has 1 atom stereocenters. The van der Waals surface area contributed by atoms with E-state index in [-0.39, 0.29) is 5.78 Å². The fourth-order valence-electron chi connectivity index (χ4n) is 3.74. The Morgan fingerprint density at radius 2 is 2.04 bits per heavy atom.